The lowest BCUT2D eigenvalue weighted by Crippen LogP contribution is -2.25. The number of hydrogen-bond acceptors (Lipinski definition) is 4. The van der Waals surface area contributed by atoms with Crippen molar-refractivity contribution in [2.24, 2.45) is 0 Å². The number of ether oxygens (including phenoxy) is 2. The van der Waals surface area contributed by atoms with Gasteiger partial charge in [-0.05, 0) is 38.1 Å². The molecular formula is C15H25ClN2O3. The quantitative estimate of drug-likeness (QED) is 0.685. The molecule has 21 heavy (non-hydrogen) atoms. The second kappa shape index (κ2) is 11.5. The minimum atomic E-state index is -0.0509. The predicted octanol–water partition coefficient (Wildman–Crippen LogP) is 2.13. The summed E-state index contributed by atoms with van der Waals surface area (Å²) in [6.45, 7) is 6.65. The van der Waals surface area contributed by atoms with Crippen molar-refractivity contribution in [3.63, 3.8) is 0 Å². The molecule has 0 radical (unpaired) electrons. The molecule has 0 aromatic heterocycles. The summed E-state index contributed by atoms with van der Waals surface area (Å²) in [5.74, 6) is -0.0509. The third-order valence-corrected chi connectivity index (χ3v) is 2.89. The van der Waals surface area contributed by atoms with E-state index in [1.807, 2.05) is 32.0 Å². The minimum absolute atomic E-state index is 0. The fraction of sp³-hybridized carbons (Fsp3) is 0.533. The highest BCUT2D eigenvalue weighted by Crippen LogP contribution is 2.19. The van der Waals surface area contributed by atoms with Crippen molar-refractivity contribution >= 4 is 24.0 Å². The first-order chi connectivity index (χ1) is 9.69. The van der Waals surface area contributed by atoms with Gasteiger partial charge in [0.25, 0.3) is 0 Å². The van der Waals surface area contributed by atoms with E-state index >= 15 is 0 Å². The molecule has 5 nitrogen and oxygen atoms in total. The molecule has 120 valence electrons. The van der Waals surface area contributed by atoms with Gasteiger partial charge < -0.3 is 20.1 Å². The van der Waals surface area contributed by atoms with E-state index in [1.165, 1.54) is 0 Å². The predicted molar refractivity (Wildman–Crippen MR) is 87.1 cm³/mol. The van der Waals surface area contributed by atoms with Gasteiger partial charge in [0, 0.05) is 12.3 Å². The van der Waals surface area contributed by atoms with Gasteiger partial charge in [-0.2, -0.15) is 0 Å². The zero-order valence-electron chi connectivity index (χ0n) is 12.9. The highest BCUT2D eigenvalue weighted by Gasteiger charge is 2.07. The highest BCUT2D eigenvalue weighted by atomic mass is 35.5. The fourth-order valence-corrected chi connectivity index (χ4v) is 1.77. The van der Waals surface area contributed by atoms with Gasteiger partial charge in [0.1, 0.15) is 0 Å². The lowest BCUT2D eigenvalue weighted by molar-refractivity contribution is -0.115. The van der Waals surface area contributed by atoms with Crippen LogP contribution in [0.25, 0.3) is 0 Å². The topological polar surface area (TPSA) is 59.6 Å². The number of rotatable bonds is 9. The first kappa shape index (κ1) is 19.9. The van der Waals surface area contributed by atoms with Crippen LogP contribution in [0.1, 0.15) is 18.1 Å². The Kier molecular flexibility index (Phi) is 10.9. The van der Waals surface area contributed by atoms with Gasteiger partial charge in [-0.15, -0.1) is 12.4 Å². The van der Waals surface area contributed by atoms with E-state index in [0.717, 1.165) is 16.8 Å². The van der Waals surface area contributed by atoms with Gasteiger partial charge in [-0.25, -0.2) is 0 Å². The molecule has 1 amide bonds. The van der Waals surface area contributed by atoms with Crippen molar-refractivity contribution in [1.82, 2.24) is 5.32 Å². The smallest absolute Gasteiger partial charge is 0.238 e. The van der Waals surface area contributed by atoms with E-state index in [9.17, 15) is 4.79 Å². The Balaban J connectivity index is 0.00000400. The molecule has 0 spiro atoms. The summed E-state index contributed by atoms with van der Waals surface area (Å²) in [5, 5.41) is 5.71. The van der Waals surface area contributed by atoms with Crippen LogP contribution in [0, 0.1) is 6.92 Å². The maximum Gasteiger partial charge on any atom is 0.238 e. The number of benzene rings is 1. The lowest BCUT2D eigenvalue weighted by Gasteiger charge is -2.13. The maximum atomic E-state index is 11.6. The van der Waals surface area contributed by atoms with Crippen LogP contribution in [-0.2, 0) is 20.9 Å². The minimum Gasteiger partial charge on any atom is -0.379 e. The van der Waals surface area contributed by atoms with Crippen LogP contribution >= 0.6 is 12.4 Å². The van der Waals surface area contributed by atoms with Crippen LogP contribution in [0.4, 0.5) is 5.69 Å². The summed E-state index contributed by atoms with van der Waals surface area (Å²) in [7, 11) is 1.75. The van der Waals surface area contributed by atoms with Crippen LogP contribution < -0.4 is 10.6 Å². The Bertz CT molecular complexity index is 427. The van der Waals surface area contributed by atoms with Crippen LogP contribution in [-0.4, -0.2) is 39.3 Å². The standard InChI is InChI=1S/C15H24N2O3.ClH/c1-4-19-8-9-20-11-13-6-5-7-14(12(13)2)17-15(18)10-16-3;/h5-7,16H,4,8-11H2,1-3H3,(H,17,18);1H. The molecule has 1 aromatic carbocycles. The molecule has 1 aromatic rings. The normalized spacial score (nSPS) is 10.0. The zero-order valence-corrected chi connectivity index (χ0v) is 13.7. The van der Waals surface area contributed by atoms with Crippen LogP contribution in [0.5, 0.6) is 0 Å². The number of carbonyl (C=O) groups is 1. The number of halogens is 1. The SMILES string of the molecule is CCOCCOCc1cccc(NC(=O)CNC)c1C.Cl. The number of amides is 1. The molecule has 0 aliphatic carbocycles. The molecule has 0 aliphatic heterocycles. The van der Waals surface area contributed by atoms with Gasteiger partial charge in [0.05, 0.1) is 26.4 Å². The van der Waals surface area contributed by atoms with Gasteiger partial charge in [-0.1, -0.05) is 12.1 Å². The van der Waals surface area contributed by atoms with Gasteiger partial charge in [0.2, 0.25) is 5.91 Å². The number of nitrogens with one attached hydrogen (secondary N) is 2. The molecule has 0 heterocycles. The number of anilines is 1. The molecule has 0 fully saturated rings. The molecule has 0 saturated carbocycles. The fourth-order valence-electron chi connectivity index (χ4n) is 1.77. The van der Waals surface area contributed by atoms with E-state index in [1.54, 1.807) is 7.05 Å². The Hall–Kier alpha value is -1.14. The number of carbonyl (C=O) groups excluding carboxylic acids is 1. The van der Waals surface area contributed by atoms with Crippen molar-refractivity contribution < 1.29 is 14.3 Å². The molecule has 0 saturated heterocycles. The third-order valence-electron chi connectivity index (χ3n) is 2.89. The van der Waals surface area contributed by atoms with Crippen molar-refractivity contribution in [1.29, 1.82) is 0 Å². The van der Waals surface area contributed by atoms with Crippen molar-refractivity contribution in [2.75, 3.05) is 38.7 Å². The third kappa shape index (κ3) is 7.43. The molecule has 0 bridgehead atoms. The van der Waals surface area contributed by atoms with Gasteiger partial charge in [-0.3, -0.25) is 4.79 Å². The summed E-state index contributed by atoms with van der Waals surface area (Å²) in [6, 6.07) is 5.82. The second-order valence-electron chi connectivity index (χ2n) is 4.42. The number of likely N-dealkylation sites (N-methyl/N-ethyl adjacent to an activating group) is 1. The summed E-state index contributed by atoms with van der Waals surface area (Å²) in [5.41, 5.74) is 2.94. The molecular weight excluding hydrogens is 292 g/mol. The Morgan fingerprint density at radius 1 is 1.24 bits per heavy atom. The van der Waals surface area contributed by atoms with E-state index in [0.29, 0.717) is 33.0 Å². The molecule has 0 unspecified atom stereocenters. The van der Waals surface area contributed by atoms with Crippen LogP contribution in [0.15, 0.2) is 18.2 Å². The summed E-state index contributed by atoms with van der Waals surface area (Å²) in [6.07, 6.45) is 0. The first-order valence-electron chi connectivity index (χ1n) is 6.87. The Labute approximate surface area is 132 Å². The average Bonchev–Trinajstić information content (AvgIpc) is 2.42. The van der Waals surface area contributed by atoms with Crippen molar-refractivity contribution in [3.05, 3.63) is 29.3 Å². The molecule has 0 aliphatic rings. The lowest BCUT2D eigenvalue weighted by atomic mass is 10.1. The molecule has 2 N–H and O–H groups in total. The first-order valence-corrected chi connectivity index (χ1v) is 6.87. The van der Waals surface area contributed by atoms with Crippen LogP contribution in [0.3, 0.4) is 0 Å². The zero-order chi connectivity index (χ0) is 14.8. The summed E-state index contributed by atoms with van der Waals surface area (Å²) < 4.78 is 10.8. The average molecular weight is 317 g/mol. The van der Waals surface area contributed by atoms with Crippen molar-refractivity contribution in [3.8, 4) is 0 Å². The maximum absolute atomic E-state index is 11.6. The Morgan fingerprint density at radius 3 is 2.62 bits per heavy atom. The van der Waals surface area contributed by atoms with E-state index in [4.69, 9.17) is 9.47 Å². The van der Waals surface area contributed by atoms with E-state index < -0.39 is 0 Å². The van der Waals surface area contributed by atoms with E-state index in [-0.39, 0.29) is 18.3 Å². The van der Waals surface area contributed by atoms with Crippen LogP contribution in [0.2, 0.25) is 0 Å². The highest BCUT2D eigenvalue weighted by molar-refractivity contribution is 5.93. The second-order valence-corrected chi connectivity index (χ2v) is 4.42. The van der Waals surface area contributed by atoms with Crippen molar-refractivity contribution in [2.45, 2.75) is 20.5 Å². The summed E-state index contributed by atoms with van der Waals surface area (Å²) in [4.78, 5) is 11.6. The summed E-state index contributed by atoms with van der Waals surface area (Å²) >= 11 is 0. The molecule has 6 heteroatoms. The number of hydrogen-bond donors (Lipinski definition) is 2. The van der Waals surface area contributed by atoms with Gasteiger partial charge >= 0.3 is 0 Å². The van der Waals surface area contributed by atoms with Gasteiger partial charge in [0.15, 0.2) is 0 Å². The Morgan fingerprint density at radius 2 is 1.95 bits per heavy atom. The molecule has 1 rings (SSSR count). The largest absolute Gasteiger partial charge is 0.379 e. The monoisotopic (exact) mass is 316 g/mol. The van der Waals surface area contributed by atoms with E-state index in [2.05, 4.69) is 10.6 Å². The molecule has 0 atom stereocenters.